The first kappa shape index (κ1) is 18.0. The van der Waals surface area contributed by atoms with Crippen LogP contribution in [0.5, 0.6) is 5.75 Å². The normalized spacial score (nSPS) is 13.5. The molecule has 1 aromatic rings. The third-order valence-electron chi connectivity index (χ3n) is 3.51. The maximum absolute atomic E-state index is 12.6. The van der Waals surface area contributed by atoms with Crippen LogP contribution in [0.3, 0.4) is 0 Å². The molecule has 4 nitrogen and oxygen atoms in total. The molecule has 0 aliphatic heterocycles. The predicted molar refractivity (Wildman–Crippen MR) is 86.5 cm³/mol. The largest absolute Gasteiger partial charge is 0.492 e. The number of hydrogen-bond donors (Lipinski definition) is 1. The molecule has 0 aromatic heterocycles. The summed E-state index contributed by atoms with van der Waals surface area (Å²) in [5, 5.41) is 0. The minimum Gasteiger partial charge on any atom is -0.492 e. The maximum atomic E-state index is 12.6. The highest BCUT2D eigenvalue weighted by atomic mass is 32.2. The second-order valence-corrected chi connectivity index (χ2v) is 7.36. The summed E-state index contributed by atoms with van der Waals surface area (Å²) in [5.74, 6) is 0.688. The predicted octanol–water partition coefficient (Wildman–Crippen LogP) is 3.59. The van der Waals surface area contributed by atoms with Crippen molar-refractivity contribution in [2.75, 3.05) is 6.61 Å². The van der Waals surface area contributed by atoms with Gasteiger partial charge in [0, 0.05) is 6.04 Å². The molecule has 21 heavy (non-hydrogen) atoms. The van der Waals surface area contributed by atoms with E-state index < -0.39 is 10.0 Å². The van der Waals surface area contributed by atoms with Gasteiger partial charge in [-0.05, 0) is 56.4 Å². The number of hydrogen-bond acceptors (Lipinski definition) is 3. The van der Waals surface area contributed by atoms with E-state index in [0.29, 0.717) is 12.4 Å². The summed E-state index contributed by atoms with van der Waals surface area (Å²) in [4.78, 5) is 0.235. The molecular formula is C16H27NO3S. The van der Waals surface area contributed by atoms with Crippen LogP contribution in [0.4, 0.5) is 0 Å². The highest BCUT2D eigenvalue weighted by Crippen LogP contribution is 2.31. The van der Waals surface area contributed by atoms with Gasteiger partial charge in [0.2, 0.25) is 10.0 Å². The fourth-order valence-electron chi connectivity index (χ4n) is 2.19. The van der Waals surface area contributed by atoms with Gasteiger partial charge in [-0.15, -0.1) is 0 Å². The van der Waals surface area contributed by atoms with Crippen LogP contribution in [0.1, 0.15) is 58.1 Å². The summed E-state index contributed by atoms with van der Waals surface area (Å²) in [6, 6.07) is 3.47. The van der Waals surface area contributed by atoms with Crippen LogP contribution in [-0.4, -0.2) is 21.1 Å². The van der Waals surface area contributed by atoms with Crippen molar-refractivity contribution in [2.24, 2.45) is 0 Å². The Bertz CT molecular complexity index is 579. The molecule has 1 atom stereocenters. The van der Waals surface area contributed by atoms with Gasteiger partial charge in [0.1, 0.15) is 10.6 Å². The lowest BCUT2D eigenvalue weighted by atomic mass is 9.98. The molecule has 1 aromatic carbocycles. The molecule has 0 fully saturated rings. The quantitative estimate of drug-likeness (QED) is 0.837. The Kier molecular flexibility index (Phi) is 6.23. The fourth-order valence-corrected chi connectivity index (χ4v) is 3.68. The summed E-state index contributed by atoms with van der Waals surface area (Å²) in [5.41, 5.74) is 2.08. The Morgan fingerprint density at radius 1 is 1.19 bits per heavy atom. The summed E-state index contributed by atoms with van der Waals surface area (Å²) in [6.45, 7) is 12.2. The highest BCUT2D eigenvalue weighted by Gasteiger charge is 2.23. The molecule has 1 rings (SSSR count). The van der Waals surface area contributed by atoms with Gasteiger partial charge in [-0.25, -0.2) is 13.1 Å². The maximum Gasteiger partial charge on any atom is 0.244 e. The molecule has 5 heteroatoms. The SMILES string of the molecule is CCOc1cc(C)c(C(C)C)cc1S(=O)(=O)N[C@@H](C)CC. The van der Waals surface area contributed by atoms with Crippen LogP contribution in [0.2, 0.25) is 0 Å². The molecule has 0 unspecified atom stereocenters. The van der Waals surface area contributed by atoms with E-state index in [2.05, 4.69) is 18.6 Å². The molecule has 0 aliphatic rings. The lowest BCUT2D eigenvalue weighted by Gasteiger charge is -2.19. The molecule has 0 aliphatic carbocycles. The van der Waals surface area contributed by atoms with Crippen LogP contribution >= 0.6 is 0 Å². The van der Waals surface area contributed by atoms with E-state index in [4.69, 9.17) is 4.74 Å². The van der Waals surface area contributed by atoms with Crippen molar-refractivity contribution >= 4 is 10.0 Å². The molecule has 0 saturated heterocycles. The third-order valence-corrected chi connectivity index (χ3v) is 5.12. The Morgan fingerprint density at radius 2 is 1.81 bits per heavy atom. The number of rotatable bonds is 7. The van der Waals surface area contributed by atoms with Gasteiger partial charge >= 0.3 is 0 Å². The Hall–Kier alpha value is -1.07. The van der Waals surface area contributed by atoms with Crippen molar-refractivity contribution in [1.82, 2.24) is 4.72 Å². The molecule has 120 valence electrons. The number of nitrogens with one attached hydrogen (secondary N) is 1. The summed E-state index contributed by atoms with van der Waals surface area (Å²) < 4.78 is 33.4. The minimum absolute atomic E-state index is 0.103. The van der Waals surface area contributed by atoms with E-state index >= 15 is 0 Å². The molecule has 0 amide bonds. The Balaban J connectivity index is 3.40. The average molecular weight is 313 g/mol. The second kappa shape index (κ2) is 7.27. The molecule has 1 N–H and O–H groups in total. The van der Waals surface area contributed by atoms with Crippen molar-refractivity contribution in [3.05, 3.63) is 23.3 Å². The van der Waals surface area contributed by atoms with Gasteiger partial charge in [-0.1, -0.05) is 20.8 Å². The molecule has 0 heterocycles. The summed E-state index contributed by atoms with van der Waals surface area (Å²) in [6.07, 6.45) is 0.742. The van der Waals surface area contributed by atoms with Crippen LogP contribution in [-0.2, 0) is 10.0 Å². The van der Waals surface area contributed by atoms with E-state index in [1.807, 2.05) is 33.8 Å². The van der Waals surface area contributed by atoms with E-state index in [-0.39, 0.29) is 16.9 Å². The number of aryl methyl sites for hydroxylation is 1. The second-order valence-electron chi connectivity index (χ2n) is 5.67. The molecule has 0 spiro atoms. The van der Waals surface area contributed by atoms with Crippen molar-refractivity contribution in [3.63, 3.8) is 0 Å². The molecular weight excluding hydrogens is 286 g/mol. The fraction of sp³-hybridized carbons (Fsp3) is 0.625. The first-order valence-corrected chi connectivity index (χ1v) is 9.00. The van der Waals surface area contributed by atoms with Crippen molar-refractivity contribution in [2.45, 2.75) is 64.8 Å². The van der Waals surface area contributed by atoms with Crippen LogP contribution in [0.25, 0.3) is 0 Å². The van der Waals surface area contributed by atoms with Gasteiger partial charge in [0.05, 0.1) is 6.61 Å². The summed E-state index contributed by atoms with van der Waals surface area (Å²) in [7, 11) is -3.57. The number of ether oxygens (including phenoxy) is 1. The first-order valence-electron chi connectivity index (χ1n) is 7.52. The van der Waals surface area contributed by atoms with Gasteiger partial charge < -0.3 is 4.74 Å². The Labute approximate surface area is 129 Å². The van der Waals surface area contributed by atoms with E-state index in [1.54, 1.807) is 6.07 Å². The van der Waals surface area contributed by atoms with Crippen LogP contribution < -0.4 is 9.46 Å². The van der Waals surface area contributed by atoms with Gasteiger partial charge in [-0.3, -0.25) is 0 Å². The molecule has 0 radical (unpaired) electrons. The smallest absolute Gasteiger partial charge is 0.244 e. The van der Waals surface area contributed by atoms with E-state index in [0.717, 1.165) is 17.5 Å². The average Bonchev–Trinajstić information content (AvgIpc) is 2.37. The highest BCUT2D eigenvalue weighted by molar-refractivity contribution is 7.89. The van der Waals surface area contributed by atoms with Crippen LogP contribution in [0.15, 0.2) is 17.0 Å². The van der Waals surface area contributed by atoms with E-state index in [9.17, 15) is 8.42 Å². The topological polar surface area (TPSA) is 55.4 Å². The number of benzene rings is 1. The first-order chi connectivity index (χ1) is 9.72. The van der Waals surface area contributed by atoms with Crippen molar-refractivity contribution in [3.8, 4) is 5.75 Å². The summed E-state index contributed by atoms with van der Waals surface area (Å²) >= 11 is 0. The number of sulfonamides is 1. The lowest BCUT2D eigenvalue weighted by molar-refractivity contribution is 0.330. The molecule has 0 bridgehead atoms. The standard InChI is InChI=1S/C16H27NO3S/c1-7-13(6)17-21(18,19)16-10-14(11(3)4)12(5)9-15(16)20-8-2/h9-11,13,17H,7-8H2,1-6H3/t13-/m0/s1. The van der Waals surface area contributed by atoms with Crippen molar-refractivity contribution < 1.29 is 13.2 Å². The van der Waals surface area contributed by atoms with Crippen LogP contribution in [0, 0.1) is 6.92 Å². The zero-order valence-corrected chi connectivity index (χ0v) is 14.7. The lowest BCUT2D eigenvalue weighted by Crippen LogP contribution is -2.32. The third kappa shape index (κ3) is 4.45. The van der Waals surface area contributed by atoms with Gasteiger partial charge in [0.15, 0.2) is 0 Å². The van der Waals surface area contributed by atoms with E-state index in [1.165, 1.54) is 0 Å². The molecule has 0 saturated carbocycles. The van der Waals surface area contributed by atoms with Gasteiger partial charge in [0.25, 0.3) is 0 Å². The minimum atomic E-state index is -3.57. The van der Waals surface area contributed by atoms with Gasteiger partial charge in [-0.2, -0.15) is 0 Å². The zero-order chi connectivity index (χ0) is 16.2. The Morgan fingerprint density at radius 3 is 2.29 bits per heavy atom. The zero-order valence-electron chi connectivity index (χ0n) is 13.9. The monoisotopic (exact) mass is 313 g/mol. The van der Waals surface area contributed by atoms with Crippen molar-refractivity contribution in [1.29, 1.82) is 0 Å².